The molecule has 7 aromatic rings. The van der Waals surface area contributed by atoms with Crippen molar-refractivity contribution in [2.45, 2.75) is 43.6 Å². The number of hydrogen-bond acceptors (Lipinski definition) is 7. The van der Waals surface area contributed by atoms with Crippen molar-refractivity contribution in [3.63, 3.8) is 0 Å². The minimum absolute atomic E-state index is 0.0657. The maximum absolute atomic E-state index is 14.7. The number of alkyl halides is 2. The second-order valence-electron chi connectivity index (χ2n) is 18.7. The molecule has 340 valence electrons. The Hall–Kier alpha value is -6.99. The molecule has 4 aliphatic rings. The number of aryl methyl sites for hydroxylation is 1. The lowest BCUT2D eigenvalue weighted by Gasteiger charge is -2.37. The van der Waals surface area contributed by atoms with Gasteiger partial charge in [0.15, 0.2) is 11.6 Å². The van der Waals surface area contributed by atoms with E-state index in [2.05, 4.69) is 74.3 Å². The fourth-order valence-corrected chi connectivity index (χ4v) is 11.0. The number of likely N-dealkylation sites (tertiary alicyclic amines) is 1. The molecule has 0 saturated carbocycles. The van der Waals surface area contributed by atoms with Crippen LogP contribution in [0.2, 0.25) is 0 Å². The predicted molar refractivity (Wildman–Crippen MR) is 257 cm³/mol. The number of halogens is 2. The van der Waals surface area contributed by atoms with E-state index < -0.39 is 16.9 Å². The van der Waals surface area contributed by atoms with Gasteiger partial charge in [-0.25, -0.2) is 18.4 Å². The number of fused-ring (bicyclic) bond motifs is 1. The highest BCUT2D eigenvalue weighted by molar-refractivity contribution is 6.03. The summed E-state index contributed by atoms with van der Waals surface area (Å²) in [5.74, 6) is -1.27. The van der Waals surface area contributed by atoms with Crippen LogP contribution in [0.15, 0.2) is 146 Å². The number of anilines is 2. The average molecular weight is 898 g/mol. The molecule has 11 nitrogen and oxygen atoms in total. The van der Waals surface area contributed by atoms with E-state index in [0.29, 0.717) is 57.2 Å². The maximum atomic E-state index is 14.7. The SMILES string of the molecule is Cn1cnc(-c2ccc(C3=CCN(C(=O)CN4CCC5(CCN(c6ccc7c(c6)c(N6CCC(F)(F)CC6)nn7C(c6ccccc6)(c6ccccc6)c6ccccc6)C5=O)C4)CC3)cc2)n1. The minimum Gasteiger partial charge on any atom is -0.354 e. The normalized spacial score (nSPS) is 20.0. The molecule has 6 heterocycles. The van der Waals surface area contributed by atoms with Crippen molar-refractivity contribution in [1.29, 1.82) is 0 Å². The third kappa shape index (κ3) is 7.68. The second-order valence-corrected chi connectivity index (χ2v) is 18.7. The van der Waals surface area contributed by atoms with E-state index in [-0.39, 0.29) is 44.3 Å². The topological polar surface area (TPSA) is 95.6 Å². The van der Waals surface area contributed by atoms with Gasteiger partial charge in [0, 0.05) is 75.8 Å². The van der Waals surface area contributed by atoms with Crippen LogP contribution in [0.1, 0.15) is 54.4 Å². The molecule has 0 aliphatic carbocycles. The van der Waals surface area contributed by atoms with Crippen molar-refractivity contribution in [1.82, 2.24) is 34.3 Å². The summed E-state index contributed by atoms with van der Waals surface area (Å²) in [6.45, 7) is 3.54. The van der Waals surface area contributed by atoms with E-state index in [0.717, 1.165) is 50.8 Å². The molecule has 1 unspecified atom stereocenters. The molecule has 11 rings (SSSR count). The first-order valence-corrected chi connectivity index (χ1v) is 23.4. The van der Waals surface area contributed by atoms with Crippen molar-refractivity contribution >= 4 is 39.8 Å². The zero-order valence-electron chi connectivity index (χ0n) is 37.6. The molecule has 0 bridgehead atoms. The first-order chi connectivity index (χ1) is 32.6. The van der Waals surface area contributed by atoms with Crippen LogP contribution in [0.3, 0.4) is 0 Å². The molecule has 2 aromatic heterocycles. The van der Waals surface area contributed by atoms with E-state index in [1.54, 1.807) is 11.0 Å². The number of amides is 2. The van der Waals surface area contributed by atoms with Gasteiger partial charge in [-0.1, -0.05) is 121 Å². The van der Waals surface area contributed by atoms with Gasteiger partial charge in [-0.3, -0.25) is 19.2 Å². The highest BCUT2D eigenvalue weighted by atomic mass is 19.3. The fraction of sp³-hybridized carbons (Fsp3) is 0.315. The van der Waals surface area contributed by atoms with Crippen molar-refractivity contribution in [2.75, 3.05) is 62.2 Å². The van der Waals surface area contributed by atoms with Crippen molar-refractivity contribution in [2.24, 2.45) is 12.5 Å². The van der Waals surface area contributed by atoms with Gasteiger partial charge in [-0.05, 0) is 71.8 Å². The molecule has 1 atom stereocenters. The standard InChI is InChI=1S/C54H53F2N9O2/c1-60-38-57-49(58-60)41-19-17-39(18-20-41)40-23-29-62(30-24-40)48(66)36-61-31-25-52(37-61)26-34-64(51(52)67)45-21-22-47-46(35-45)50(63-32-27-53(55,56)28-33-63)59-65(47)54(42-11-5-2-6-12-42,43-13-7-3-8-14-43)44-15-9-4-10-16-44/h2-23,35,38H,24-34,36-37H2,1H3. The Balaban J connectivity index is 0.858. The first kappa shape index (κ1) is 42.6. The van der Waals surface area contributed by atoms with Crippen molar-refractivity contribution < 1.29 is 18.4 Å². The number of carbonyl (C=O) groups excluding carboxylic acids is 2. The molecule has 3 fully saturated rings. The van der Waals surface area contributed by atoms with Gasteiger partial charge >= 0.3 is 0 Å². The van der Waals surface area contributed by atoms with Gasteiger partial charge in [-0.15, -0.1) is 0 Å². The molecule has 0 radical (unpaired) electrons. The summed E-state index contributed by atoms with van der Waals surface area (Å²) in [5, 5.41) is 10.7. The van der Waals surface area contributed by atoms with Gasteiger partial charge < -0.3 is 14.7 Å². The Morgan fingerprint density at radius 3 is 1.94 bits per heavy atom. The van der Waals surface area contributed by atoms with E-state index >= 15 is 0 Å². The summed E-state index contributed by atoms with van der Waals surface area (Å²) in [4.78, 5) is 40.8. The van der Waals surface area contributed by atoms with Crippen LogP contribution in [-0.2, 0) is 22.2 Å². The number of carbonyl (C=O) groups is 2. The minimum atomic E-state index is -2.74. The van der Waals surface area contributed by atoms with E-state index in [9.17, 15) is 18.4 Å². The maximum Gasteiger partial charge on any atom is 0.251 e. The molecule has 2 amide bonds. The summed E-state index contributed by atoms with van der Waals surface area (Å²) in [7, 11) is 1.85. The van der Waals surface area contributed by atoms with E-state index in [1.165, 1.54) is 5.57 Å². The Morgan fingerprint density at radius 1 is 0.716 bits per heavy atom. The molecule has 3 saturated heterocycles. The number of benzene rings is 5. The predicted octanol–water partition coefficient (Wildman–Crippen LogP) is 8.65. The van der Waals surface area contributed by atoms with Gasteiger partial charge in [0.2, 0.25) is 11.8 Å². The Morgan fingerprint density at radius 2 is 1.34 bits per heavy atom. The number of hydrogen-bond donors (Lipinski definition) is 0. The van der Waals surface area contributed by atoms with Crippen LogP contribution in [-0.4, -0.2) is 104 Å². The number of aromatic nitrogens is 5. The molecule has 67 heavy (non-hydrogen) atoms. The summed E-state index contributed by atoms with van der Waals surface area (Å²) >= 11 is 0. The quantitative estimate of drug-likeness (QED) is 0.127. The molecule has 0 N–H and O–H groups in total. The number of piperidine rings is 1. The summed E-state index contributed by atoms with van der Waals surface area (Å²) in [5.41, 5.74) is 6.39. The van der Waals surface area contributed by atoms with Crippen LogP contribution in [0, 0.1) is 5.41 Å². The van der Waals surface area contributed by atoms with Crippen LogP contribution >= 0.6 is 0 Å². The lowest BCUT2D eigenvalue weighted by atomic mass is 9.77. The van der Waals surface area contributed by atoms with Crippen LogP contribution in [0.4, 0.5) is 20.3 Å². The van der Waals surface area contributed by atoms with E-state index in [4.69, 9.17) is 5.10 Å². The Kier molecular flexibility index (Phi) is 10.8. The summed E-state index contributed by atoms with van der Waals surface area (Å²) in [6, 6.07) is 45.3. The molecular formula is C54H53F2N9O2. The highest BCUT2D eigenvalue weighted by Crippen LogP contribution is 2.47. The Bertz CT molecular complexity index is 2870. The van der Waals surface area contributed by atoms with Gasteiger partial charge in [0.1, 0.15) is 11.9 Å². The van der Waals surface area contributed by atoms with Gasteiger partial charge in [-0.2, -0.15) is 10.2 Å². The number of rotatable bonds is 10. The summed E-state index contributed by atoms with van der Waals surface area (Å²) in [6.07, 6.45) is 5.46. The molecule has 1 spiro atoms. The number of nitrogens with zero attached hydrogens (tertiary/aromatic N) is 9. The largest absolute Gasteiger partial charge is 0.354 e. The lowest BCUT2D eigenvalue weighted by molar-refractivity contribution is -0.132. The van der Waals surface area contributed by atoms with Gasteiger partial charge in [0.05, 0.1) is 17.5 Å². The summed E-state index contributed by atoms with van der Waals surface area (Å²) < 4.78 is 33.2. The fourth-order valence-electron chi connectivity index (χ4n) is 11.0. The smallest absolute Gasteiger partial charge is 0.251 e. The highest BCUT2D eigenvalue weighted by Gasteiger charge is 2.51. The first-order valence-electron chi connectivity index (χ1n) is 23.4. The molecule has 4 aliphatic heterocycles. The zero-order chi connectivity index (χ0) is 45.8. The Labute approximate surface area is 388 Å². The average Bonchev–Trinajstić information content (AvgIpc) is 4.16. The van der Waals surface area contributed by atoms with Crippen LogP contribution in [0.5, 0.6) is 0 Å². The van der Waals surface area contributed by atoms with Gasteiger partial charge in [0.25, 0.3) is 5.92 Å². The van der Waals surface area contributed by atoms with Crippen molar-refractivity contribution in [3.8, 4) is 11.4 Å². The second kappa shape index (κ2) is 17.0. The third-order valence-corrected chi connectivity index (χ3v) is 14.6. The molecule has 5 aromatic carbocycles. The third-order valence-electron chi connectivity index (χ3n) is 14.6. The molecule has 13 heteroatoms. The lowest BCUT2D eigenvalue weighted by Crippen LogP contribution is -2.43. The van der Waals surface area contributed by atoms with Crippen molar-refractivity contribution in [3.05, 3.63) is 168 Å². The van der Waals surface area contributed by atoms with E-state index in [1.807, 2.05) is 107 Å². The van der Waals surface area contributed by atoms with Crippen LogP contribution < -0.4 is 9.80 Å². The monoisotopic (exact) mass is 897 g/mol. The molecular weight excluding hydrogens is 845 g/mol. The van der Waals surface area contributed by atoms with Crippen LogP contribution in [0.25, 0.3) is 27.9 Å². The zero-order valence-corrected chi connectivity index (χ0v) is 37.6.